The predicted octanol–water partition coefficient (Wildman–Crippen LogP) is -5.11. The van der Waals surface area contributed by atoms with Gasteiger partial charge in [0.1, 0.15) is 48.7 Å². The van der Waals surface area contributed by atoms with Crippen molar-refractivity contribution in [2.75, 3.05) is 13.2 Å². The Morgan fingerprint density at radius 2 is 1.34 bits per heavy atom. The predicted molar refractivity (Wildman–Crippen MR) is 91.8 cm³/mol. The fourth-order valence-electron chi connectivity index (χ4n) is 3.38. The molecule has 0 spiro atoms. The van der Waals surface area contributed by atoms with Crippen molar-refractivity contribution in [3.8, 4) is 0 Å². The first kappa shape index (κ1) is 23.9. The van der Waals surface area contributed by atoms with Gasteiger partial charge in [-0.05, 0) is 0 Å². The normalized spacial score (nSPS) is 42.9. The van der Waals surface area contributed by atoms with E-state index in [0.717, 1.165) is 13.8 Å². The van der Waals surface area contributed by atoms with Crippen molar-refractivity contribution < 1.29 is 54.4 Å². The fourth-order valence-corrected chi connectivity index (χ4v) is 3.38. The molecule has 2 saturated heterocycles. The smallest absolute Gasteiger partial charge is 0.217 e. The molecule has 1 unspecified atom stereocenters. The van der Waals surface area contributed by atoms with Crippen LogP contribution >= 0.6 is 0 Å². The molecular weight excluding hydrogens is 396 g/mol. The number of aliphatic hydroxyl groups excluding tert-OH is 6. The summed E-state index contributed by atoms with van der Waals surface area (Å²) >= 11 is 0. The van der Waals surface area contributed by atoms with E-state index in [4.69, 9.17) is 14.2 Å². The lowest BCUT2D eigenvalue weighted by atomic mass is 9.94. The molecule has 2 aliphatic heterocycles. The van der Waals surface area contributed by atoms with Gasteiger partial charge in [-0.2, -0.15) is 0 Å². The van der Waals surface area contributed by atoms with E-state index in [2.05, 4.69) is 10.6 Å². The molecule has 13 heteroatoms. The van der Waals surface area contributed by atoms with Crippen molar-refractivity contribution in [3.05, 3.63) is 0 Å². The molecule has 2 aliphatic rings. The number of carbonyl (C=O) groups excluding carboxylic acids is 2. The van der Waals surface area contributed by atoms with Gasteiger partial charge in [-0.3, -0.25) is 9.59 Å². The molecule has 8 N–H and O–H groups in total. The molecule has 13 nitrogen and oxygen atoms in total. The standard InChI is InChI=1S/C16H28N2O11/c1-5(21)17-9-13(25)11(23)7(3-19)28-16(9)29-14-10(18-6(2)22)15(26)27-8(4-20)12(14)24/h7-16,19-20,23-26H,3-4H2,1-2H3,(H,17,21)(H,18,22)/t7-,8-,9-,10-,11+,12+,13-,14-,15+,16?/m1/s1. The Bertz CT molecular complexity index is 579. The number of amides is 2. The van der Waals surface area contributed by atoms with Crippen LogP contribution < -0.4 is 10.6 Å². The van der Waals surface area contributed by atoms with Crippen LogP contribution in [-0.2, 0) is 23.8 Å². The highest BCUT2D eigenvalue weighted by molar-refractivity contribution is 5.73. The maximum Gasteiger partial charge on any atom is 0.217 e. The van der Waals surface area contributed by atoms with Crippen molar-refractivity contribution in [3.63, 3.8) is 0 Å². The number of aliphatic hydroxyl groups is 6. The summed E-state index contributed by atoms with van der Waals surface area (Å²) in [4.78, 5) is 23.0. The van der Waals surface area contributed by atoms with Crippen LogP contribution in [0, 0.1) is 0 Å². The lowest BCUT2D eigenvalue weighted by Gasteiger charge is -2.47. The molecule has 2 heterocycles. The van der Waals surface area contributed by atoms with Crippen LogP contribution in [0.25, 0.3) is 0 Å². The first-order chi connectivity index (χ1) is 13.6. The van der Waals surface area contributed by atoms with Gasteiger partial charge in [-0.15, -0.1) is 0 Å². The Morgan fingerprint density at radius 1 is 0.828 bits per heavy atom. The molecule has 0 bridgehead atoms. The third kappa shape index (κ3) is 5.39. The van der Waals surface area contributed by atoms with Gasteiger partial charge in [0.25, 0.3) is 0 Å². The van der Waals surface area contributed by atoms with Gasteiger partial charge in [0.05, 0.1) is 13.2 Å². The van der Waals surface area contributed by atoms with E-state index in [-0.39, 0.29) is 0 Å². The van der Waals surface area contributed by atoms with Crippen molar-refractivity contribution in [1.82, 2.24) is 10.6 Å². The van der Waals surface area contributed by atoms with E-state index < -0.39 is 86.3 Å². The molecule has 0 aromatic rings. The van der Waals surface area contributed by atoms with Gasteiger partial charge in [-0.25, -0.2) is 0 Å². The van der Waals surface area contributed by atoms with Gasteiger partial charge in [0, 0.05) is 13.8 Å². The maximum absolute atomic E-state index is 11.5. The molecule has 2 fully saturated rings. The lowest BCUT2D eigenvalue weighted by Crippen LogP contribution is -2.69. The summed E-state index contributed by atoms with van der Waals surface area (Å²) in [5.74, 6) is -1.16. The monoisotopic (exact) mass is 424 g/mol. The summed E-state index contributed by atoms with van der Waals surface area (Å²) in [6, 6.07) is -2.59. The molecule has 168 valence electrons. The third-order valence-electron chi connectivity index (χ3n) is 4.78. The number of rotatable bonds is 6. The summed E-state index contributed by atoms with van der Waals surface area (Å²) in [6.45, 7) is 0.959. The first-order valence-corrected chi connectivity index (χ1v) is 9.05. The largest absolute Gasteiger partial charge is 0.394 e. The lowest BCUT2D eigenvalue weighted by molar-refractivity contribution is -0.323. The summed E-state index contributed by atoms with van der Waals surface area (Å²) in [5.41, 5.74) is 0. The van der Waals surface area contributed by atoms with E-state index in [1.165, 1.54) is 0 Å². The Morgan fingerprint density at radius 3 is 1.86 bits per heavy atom. The molecule has 2 rings (SSSR count). The van der Waals surface area contributed by atoms with E-state index in [9.17, 15) is 40.2 Å². The molecule has 2 amide bonds. The van der Waals surface area contributed by atoms with Gasteiger partial charge in [0.15, 0.2) is 12.6 Å². The van der Waals surface area contributed by atoms with Gasteiger partial charge < -0.3 is 55.5 Å². The van der Waals surface area contributed by atoms with E-state index in [1.807, 2.05) is 0 Å². The Kier molecular flexibility index (Phi) is 8.28. The SMILES string of the molecule is CC(=O)N[C@@H]1[C@@H](OC2O[C@H](CO)[C@H](O)[C@H](O)[C@H]2NC(C)=O)[C@@H](O)[C@@H](CO)O[C@@H]1O. The molecule has 29 heavy (non-hydrogen) atoms. The second-order valence-electron chi connectivity index (χ2n) is 7.00. The topological polar surface area (TPSA) is 207 Å². The zero-order valence-corrected chi connectivity index (χ0v) is 15.9. The molecule has 0 saturated carbocycles. The maximum atomic E-state index is 11.5. The molecular formula is C16H28N2O11. The Balaban J connectivity index is 2.31. The fraction of sp³-hybridized carbons (Fsp3) is 0.875. The van der Waals surface area contributed by atoms with Gasteiger partial charge >= 0.3 is 0 Å². The third-order valence-corrected chi connectivity index (χ3v) is 4.78. The Labute approximate surface area is 166 Å². The minimum Gasteiger partial charge on any atom is -0.394 e. The van der Waals surface area contributed by atoms with E-state index in [1.54, 1.807) is 0 Å². The number of hydrogen-bond donors (Lipinski definition) is 8. The van der Waals surface area contributed by atoms with E-state index in [0.29, 0.717) is 0 Å². The second-order valence-corrected chi connectivity index (χ2v) is 7.00. The second kappa shape index (κ2) is 10.1. The molecule has 0 radical (unpaired) electrons. The zero-order valence-electron chi connectivity index (χ0n) is 15.9. The highest BCUT2D eigenvalue weighted by Gasteiger charge is 2.51. The average Bonchev–Trinajstić information content (AvgIpc) is 2.65. The van der Waals surface area contributed by atoms with Crippen LogP contribution in [-0.4, -0.2) is 117 Å². The molecule has 0 aliphatic carbocycles. The summed E-state index contributed by atoms with van der Waals surface area (Å²) < 4.78 is 16.2. The van der Waals surface area contributed by atoms with Gasteiger partial charge in [0.2, 0.25) is 11.8 Å². The number of carbonyl (C=O) groups is 2. The summed E-state index contributed by atoms with van der Waals surface area (Å²) in [6.07, 6.45) is -11.8. The van der Waals surface area contributed by atoms with Crippen LogP contribution in [0.5, 0.6) is 0 Å². The minimum absolute atomic E-state index is 0.576. The molecule has 10 atom stereocenters. The van der Waals surface area contributed by atoms with E-state index >= 15 is 0 Å². The quantitative estimate of drug-likeness (QED) is 0.202. The van der Waals surface area contributed by atoms with Crippen molar-refractivity contribution >= 4 is 11.8 Å². The molecule has 0 aromatic carbocycles. The highest BCUT2D eigenvalue weighted by Crippen LogP contribution is 2.28. The Hall–Kier alpha value is -1.42. The zero-order chi connectivity index (χ0) is 21.9. The summed E-state index contributed by atoms with van der Waals surface area (Å²) in [7, 11) is 0. The van der Waals surface area contributed by atoms with Crippen LogP contribution in [0.15, 0.2) is 0 Å². The number of nitrogens with one attached hydrogen (secondary N) is 2. The highest BCUT2D eigenvalue weighted by atomic mass is 16.7. The van der Waals surface area contributed by atoms with Crippen LogP contribution in [0.1, 0.15) is 13.8 Å². The summed E-state index contributed by atoms with van der Waals surface area (Å²) in [5, 5.41) is 64.5. The van der Waals surface area contributed by atoms with Gasteiger partial charge in [-0.1, -0.05) is 0 Å². The van der Waals surface area contributed by atoms with Crippen molar-refractivity contribution in [1.29, 1.82) is 0 Å². The van der Waals surface area contributed by atoms with Crippen LogP contribution in [0.2, 0.25) is 0 Å². The number of hydrogen-bond acceptors (Lipinski definition) is 11. The molecule has 0 aromatic heterocycles. The van der Waals surface area contributed by atoms with Crippen LogP contribution in [0.3, 0.4) is 0 Å². The first-order valence-electron chi connectivity index (χ1n) is 9.05. The van der Waals surface area contributed by atoms with Crippen LogP contribution in [0.4, 0.5) is 0 Å². The van der Waals surface area contributed by atoms with Crippen molar-refractivity contribution in [2.45, 2.75) is 75.1 Å². The minimum atomic E-state index is -1.66. The van der Waals surface area contributed by atoms with Crippen molar-refractivity contribution in [2.24, 2.45) is 0 Å². The average molecular weight is 424 g/mol. The number of ether oxygens (including phenoxy) is 3.